The summed E-state index contributed by atoms with van der Waals surface area (Å²) >= 11 is 0. The van der Waals surface area contributed by atoms with Crippen molar-refractivity contribution in [2.45, 2.75) is 25.9 Å². The molecule has 1 unspecified atom stereocenters. The predicted octanol–water partition coefficient (Wildman–Crippen LogP) is 1.42. The van der Waals surface area contributed by atoms with Gasteiger partial charge in [-0.3, -0.25) is 0 Å². The molecule has 0 heterocycles. The summed E-state index contributed by atoms with van der Waals surface area (Å²) in [5, 5.41) is 12.5. The van der Waals surface area contributed by atoms with Crippen molar-refractivity contribution in [2.75, 3.05) is 23.3 Å². The Morgan fingerprint density at radius 1 is 1.33 bits per heavy atom. The van der Waals surface area contributed by atoms with Gasteiger partial charge in [0.1, 0.15) is 0 Å². The minimum Gasteiger partial charge on any atom is -0.397 e. The third kappa shape index (κ3) is 3.67. The topological polar surface area (TPSA) is 84.3 Å². The van der Waals surface area contributed by atoms with E-state index in [2.05, 4.69) is 5.32 Å². The molecule has 0 fully saturated rings. The molecule has 0 bridgehead atoms. The van der Waals surface area contributed by atoms with Crippen LogP contribution in [0.25, 0.3) is 0 Å². The van der Waals surface area contributed by atoms with Gasteiger partial charge in [0.25, 0.3) is 0 Å². The Hall–Kier alpha value is -1.42. The monoisotopic (exact) mass is 209 g/mol. The van der Waals surface area contributed by atoms with Gasteiger partial charge in [-0.25, -0.2) is 0 Å². The summed E-state index contributed by atoms with van der Waals surface area (Å²) < 4.78 is 0. The molecule has 0 aliphatic carbocycles. The van der Waals surface area contributed by atoms with Crippen LogP contribution >= 0.6 is 0 Å². The van der Waals surface area contributed by atoms with Crippen LogP contribution in [0, 0.1) is 0 Å². The van der Waals surface area contributed by atoms with Crippen molar-refractivity contribution in [2.24, 2.45) is 0 Å². The summed E-state index contributed by atoms with van der Waals surface area (Å²) in [4.78, 5) is 0. The second-order valence-electron chi connectivity index (χ2n) is 3.62. The lowest BCUT2D eigenvalue weighted by atomic mass is 10.2. The molecule has 84 valence electrons. The van der Waals surface area contributed by atoms with Crippen molar-refractivity contribution in [1.82, 2.24) is 0 Å². The Morgan fingerprint density at radius 2 is 2.07 bits per heavy atom. The molecule has 1 aromatic rings. The fourth-order valence-electron chi connectivity index (χ4n) is 1.27. The molecule has 0 aromatic heterocycles. The Labute approximate surface area is 90.3 Å². The van der Waals surface area contributed by atoms with E-state index >= 15 is 0 Å². The van der Waals surface area contributed by atoms with Crippen LogP contribution in [0.5, 0.6) is 0 Å². The van der Waals surface area contributed by atoms with E-state index in [0.717, 1.165) is 25.1 Å². The van der Waals surface area contributed by atoms with E-state index in [0.29, 0.717) is 11.4 Å². The number of nitrogens with one attached hydrogen (secondary N) is 1. The molecule has 0 saturated heterocycles. The largest absolute Gasteiger partial charge is 0.397 e. The van der Waals surface area contributed by atoms with Crippen LogP contribution in [-0.4, -0.2) is 17.8 Å². The summed E-state index contributed by atoms with van der Waals surface area (Å²) in [7, 11) is 0. The standard InChI is InChI=1S/C11H19N3O/c1-2-9(15)5-6-14-8-3-4-10(12)11(13)7-8/h3-4,7,9,14-15H,2,5-6,12-13H2,1H3. The van der Waals surface area contributed by atoms with Crippen molar-refractivity contribution in [3.05, 3.63) is 18.2 Å². The number of anilines is 3. The van der Waals surface area contributed by atoms with E-state index in [4.69, 9.17) is 11.5 Å². The van der Waals surface area contributed by atoms with Gasteiger partial charge in [-0.2, -0.15) is 0 Å². The lowest BCUT2D eigenvalue weighted by molar-refractivity contribution is 0.164. The van der Waals surface area contributed by atoms with Crippen LogP contribution in [0.4, 0.5) is 17.1 Å². The molecule has 1 aromatic carbocycles. The van der Waals surface area contributed by atoms with Gasteiger partial charge >= 0.3 is 0 Å². The van der Waals surface area contributed by atoms with Gasteiger partial charge in [0.2, 0.25) is 0 Å². The van der Waals surface area contributed by atoms with E-state index in [-0.39, 0.29) is 6.10 Å². The van der Waals surface area contributed by atoms with Crippen LogP contribution in [0.1, 0.15) is 19.8 Å². The van der Waals surface area contributed by atoms with Crippen molar-refractivity contribution in [3.63, 3.8) is 0 Å². The van der Waals surface area contributed by atoms with Crippen LogP contribution in [-0.2, 0) is 0 Å². The maximum atomic E-state index is 9.35. The summed E-state index contributed by atoms with van der Waals surface area (Å²) in [6, 6.07) is 5.45. The van der Waals surface area contributed by atoms with Crippen molar-refractivity contribution in [3.8, 4) is 0 Å². The Kier molecular flexibility index (Phi) is 4.24. The first-order valence-electron chi connectivity index (χ1n) is 5.20. The van der Waals surface area contributed by atoms with E-state index in [1.54, 1.807) is 12.1 Å². The summed E-state index contributed by atoms with van der Waals surface area (Å²) in [5.41, 5.74) is 13.4. The second-order valence-corrected chi connectivity index (χ2v) is 3.62. The molecule has 0 aliphatic heterocycles. The number of aliphatic hydroxyl groups is 1. The third-order valence-electron chi connectivity index (χ3n) is 2.36. The zero-order valence-corrected chi connectivity index (χ0v) is 9.03. The molecular formula is C11H19N3O. The first-order valence-corrected chi connectivity index (χ1v) is 5.20. The summed E-state index contributed by atoms with van der Waals surface area (Å²) in [5.74, 6) is 0. The van der Waals surface area contributed by atoms with Crippen LogP contribution < -0.4 is 16.8 Å². The zero-order valence-electron chi connectivity index (χ0n) is 9.03. The second kappa shape index (κ2) is 5.46. The number of hydrogen-bond donors (Lipinski definition) is 4. The van der Waals surface area contributed by atoms with E-state index in [1.165, 1.54) is 0 Å². The normalized spacial score (nSPS) is 12.4. The summed E-state index contributed by atoms with van der Waals surface area (Å²) in [6.07, 6.45) is 1.29. The first-order chi connectivity index (χ1) is 7.13. The minimum atomic E-state index is -0.233. The van der Waals surface area contributed by atoms with Gasteiger partial charge in [0.05, 0.1) is 17.5 Å². The van der Waals surface area contributed by atoms with Gasteiger partial charge in [-0.1, -0.05) is 6.92 Å². The zero-order chi connectivity index (χ0) is 11.3. The maximum absolute atomic E-state index is 9.35. The number of nitrogen functional groups attached to an aromatic ring is 2. The molecule has 6 N–H and O–H groups in total. The lowest BCUT2D eigenvalue weighted by Gasteiger charge is -2.10. The first kappa shape index (κ1) is 11.7. The number of benzene rings is 1. The van der Waals surface area contributed by atoms with Crippen molar-refractivity contribution in [1.29, 1.82) is 0 Å². The number of aliphatic hydroxyl groups excluding tert-OH is 1. The fraction of sp³-hybridized carbons (Fsp3) is 0.455. The molecular weight excluding hydrogens is 190 g/mol. The molecule has 0 saturated carbocycles. The minimum absolute atomic E-state index is 0.233. The Balaban J connectivity index is 2.41. The molecule has 0 spiro atoms. The van der Waals surface area contributed by atoms with Crippen LogP contribution in [0.3, 0.4) is 0 Å². The van der Waals surface area contributed by atoms with Gasteiger partial charge in [0.15, 0.2) is 0 Å². The molecule has 0 amide bonds. The lowest BCUT2D eigenvalue weighted by Crippen LogP contribution is -2.12. The fourth-order valence-corrected chi connectivity index (χ4v) is 1.27. The Morgan fingerprint density at radius 3 is 2.67 bits per heavy atom. The smallest absolute Gasteiger partial charge is 0.0568 e. The highest BCUT2D eigenvalue weighted by molar-refractivity contribution is 5.69. The highest BCUT2D eigenvalue weighted by Crippen LogP contribution is 2.19. The van der Waals surface area contributed by atoms with Crippen molar-refractivity contribution < 1.29 is 5.11 Å². The van der Waals surface area contributed by atoms with Gasteiger partial charge in [0, 0.05) is 12.2 Å². The van der Waals surface area contributed by atoms with E-state index in [1.807, 2.05) is 13.0 Å². The average molecular weight is 209 g/mol. The van der Waals surface area contributed by atoms with E-state index in [9.17, 15) is 5.11 Å². The third-order valence-corrected chi connectivity index (χ3v) is 2.36. The quantitative estimate of drug-likeness (QED) is 0.553. The average Bonchev–Trinajstić information content (AvgIpc) is 2.23. The van der Waals surface area contributed by atoms with Gasteiger partial charge in [-0.15, -0.1) is 0 Å². The molecule has 15 heavy (non-hydrogen) atoms. The number of hydrogen-bond acceptors (Lipinski definition) is 4. The van der Waals surface area contributed by atoms with E-state index < -0.39 is 0 Å². The molecule has 0 aliphatic rings. The molecule has 0 radical (unpaired) electrons. The SMILES string of the molecule is CCC(O)CCNc1ccc(N)c(N)c1. The molecule has 4 nitrogen and oxygen atoms in total. The predicted molar refractivity (Wildman–Crippen MR) is 64.7 cm³/mol. The number of nitrogens with two attached hydrogens (primary N) is 2. The molecule has 1 atom stereocenters. The summed E-state index contributed by atoms with van der Waals surface area (Å²) in [6.45, 7) is 2.70. The van der Waals surface area contributed by atoms with Crippen LogP contribution in [0.15, 0.2) is 18.2 Å². The highest BCUT2D eigenvalue weighted by atomic mass is 16.3. The Bertz CT molecular complexity index is 315. The van der Waals surface area contributed by atoms with Gasteiger partial charge < -0.3 is 21.9 Å². The highest BCUT2D eigenvalue weighted by Gasteiger charge is 2.00. The molecule has 1 rings (SSSR count). The van der Waals surface area contributed by atoms with Crippen LogP contribution in [0.2, 0.25) is 0 Å². The van der Waals surface area contributed by atoms with Crippen molar-refractivity contribution >= 4 is 17.1 Å². The maximum Gasteiger partial charge on any atom is 0.0568 e. The van der Waals surface area contributed by atoms with Gasteiger partial charge in [-0.05, 0) is 31.0 Å². The molecule has 4 heteroatoms. The number of rotatable bonds is 5.